The van der Waals surface area contributed by atoms with Gasteiger partial charge in [-0.25, -0.2) is 9.37 Å². The molecule has 0 aliphatic rings. The van der Waals surface area contributed by atoms with Gasteiger partial charge in [0.2, 0.25) is 0 Å². The molecule has 0 spiro atoms. The van der Waals surface area contributed by atoms with Crippen molar-refractivity contribution in [3.8, 4) is 5.75 Å². The molecule has 72 valence electrons. The number of hydrogen-bond donors (Lipinski definition) is 0. The lowest BCUT2D eigenvalue weighted by atomic mass is 10.3. The zero-order valence-corrected chi connectivity index (χ0v) is 8.13. The average molecular weight is 209 g/mol. The van der Waals surface area contributed by atoms with Gasteiger partial charge in [-0.2, -0.15) is 0 Å². The summed E-state index contributed by atoms with van der Waals surface area (Å²) in [7, 11) is 0. The fraction of sp³-hybridized carbons (Fsp3) is 0.100. The van der Waals surface area contributed by atoms with E-state index in [1.807, 2.05) is 5.38 Å². The lowest BCUT2D eigenvalue weighted by molar-refractivity contribution is 0.304. The summed E-state index contributed by atoms with van der Waals surface area (Å²) < 4.78 is 18.1. The van der Waals surface area contributed by atoms with Crippen molar-refractivity contribution in [3.05, 3.63) is 46.7 Å². The third-order valence-corrected chi connectivity index (χ3v) is 2.39. The first-order valence-electron chi connectivity index (χ1n) is 4.11. The minimum atomic E-state index is -0.290. The molecule has 0 saturated carbocycles. The Morgan fingerprint density at radius 2 is 2.36 bits per heavy atom. The topological polar surface area (TPSA) is 22.1 Å². The van der Waals surface area contributed by atoms with Crippen LogP contribution in [0.2, 0.25) is 0 Å². The van der Waals surface area contributed by atoms with Crippen molar-refractivity contribution in [1.29, 1.82) is 0 Å². The van der Waals surface area contributed by atoms with Crippen LogP contribution in [-0.4, -0.2) is 4.98 Å². The average Bonchev–Trinajstić information content (AvgIpc) is 2.67. The lowest BCUT2D eigenvalue weighted by Gasteiger charge is -2.02. The summed E-state index contributed by atoms with van der Waals surface area (Å²) in [5, 5.41) is 2.76. The van der Waals surface area contributed by atoms with E-state index in [9.17, 15) is 4.39 Å². The maximum Gasteiger partial charge on any atom is 0.140 e. The standard InChI is InChI=1S/C10H8FNOS/c11-8-2-1-3-9(6-8)13-7-10-12-4-5-14-10/h1-6H,7H2. The molecule has 0 fully saturated rings. The van der Waals surface area contributed by atoms with Crippen LogP contribution < -0.4 is 4.74 Å². The number of aromatic nitrogens is 1. The summed E-state index contributed by atoms with van der Waals surface area (Å²) in [5.74, 6) is 0.238. The molecule has 4 heteroatoms. The maximum atomic E-state index is 12.7. The van der Waals surface area contributed by atoms with Crippen LogP contribution in [0.4, 0.5) is 4.39 Å². The second-order valence-electron chi connectivity index (χ2n) is 2.67. The van der Waals surface area contributed by atoms with Crippen LogP contribution in [0, 0.1) is 5.82 Å². The van der Waals surface area contributed by atoms with Crippen molar-refractivity contribution >= 4 is 11.3 Å². The van der Waals surface area contributed by atoms with E-state index in [4.69, 9.17) is 4.74 Å². The molecule has 0 N–H and O–H groups in total. The Labute approximate surface area is 85.0 Å². The van der Waals surface area contributed by atoms with E-state index in [1.165, 1.54) is 23.5 Å². The number of nitrogens with zero attached hydrogens (tertiary/aromatic N) is 1. The quantitative estimate of drug-likeness (QED) is 0.775. The van der Waals surface area contributed by atoms with Gasteiger partial charge in [0.1, 0.15) is 23.2 Å². The lowest BCUT2D eigenvalue weighted by Crippen LogP contribution is -1.94. The van der Waals surface area contributed by atoms with Gasteiger partial charge in [0.15, 0.2) is 0 Å². The molecule has 2 nitrogen and oxygen atoms in total. The SMILES string of the molecule is Fc1cccc(OCc2nccs2)c1. The van der Waals surface area contributed by atoms with Crippen LogP contribution in [-0.2, 0) is 6.61 Å². The molecule has 2 aromatic rings. The summed E-state index contributed by atoms with van der Waals surface area (Å²) in [6.45, 7) is 0.390. The monoisotopic (exact) mass is 209 g/mol. The normalized spacial score (nSPS) is 10.1. The van der Waals surface area contributed by atoms with Crippen molar-refractivity contribution in [2.24, 2.45) is 0 Å². The Hall–Kier alpha value is -1.42. The summed E-state index contributed by atoms with van der Waals surface area (Å²) in [4.78, 5) is 4.05. The Kier molecular flexibility index (Phi) is 2.74. The molecule has 0 bridgehead atoms. The number of halogens is 1. The van der Waals surface area contributed by atoms with Crippen molar-refractivity contribution < 1.29 is 9.13 Å². The van der Waals surface area contributed by atoms with Crippen LogP contribution in [0.25, 0.3) is 0 Å². The Morgan fingerprint density at radius 3 is 3.07 bits per heavy atom. The highest BCUT2D eigenvalue weighted by molar-refractivity contribution is 7.09. The molecular formula is C10H8FNOS. The molecule has 0 aliphatic carbocycles. The highest BCUT2D eigenvalue weighted by Crippen LogP contribution is 2.14. The summed E-state index contributed by atoms with van der Waals surface area (Å²) in [5.41, 5.74) is 0. The zero-order valence-electron chi connectivity index (χ0n) is 7.31. The second-order valence-corrected chi connectivity index (χ2v) is 3.65. The molecule has 14 heavy (non-hydrogen) atoms. The van der Waals surface area contributed by atoms with E-state index in [0.29, 0.717) is 12.4 Å². The molecule has 0 atom stereocenters. The number of benzene rings is 1. The van der Waals surface area contributed by atoms with Crippen LogP contribution in [0.1, 0.15) is 5.01 Å². The third kappa shape index (κ3) is 2.29. The molecule has 0 unspecified atom stereocenters. The summed E-state index contributed by atoms with van der Waals surface area (Å²) in [6, 6.07) is 6.08. The summed E-state index contributed by atoms with van der Waals surface area (Å²) >= 11 is 1.52. The number of ether oxygens (including phenoxy) is 1. The Balaban J connectivity index is 1.98. The zero-order chi connectivity index (χ0) is 9.80. The molecule has 0 saturated heterocycles. The van der Waals surface area contributed by atoms with E-state index < -0.39 is 0 Å². The number of hydrogen-bond acceptors (Lipinski definition) is 3. The molecular weight excluding hydrogens is 201 g/mol. The first kappa shape index (κ1) is 9.15. The predicted molar refractivity (Wildman–Crippen MR) is 52.8 cm³/mol. The predicted octanol–water partition coefficient (Wildman–Crippen LogP) is 2.86. The van der Waals surface area contributed by atoms with E-state index in [-0.39, 0.29) is 5.82 Å². The van der Waals surface area contributed by atoms with Gasteiger partial charge in [0.25, 0.3) is 0 Å². The maximum absolute atomic E-state index is 12.7. The van der Waals surface area contributed by atoms with Crippen LogP contribution >= 0.6 is 11.3 Å². The van der Waals surface area contributed by atoms with Crippen LogP contribution in [0.5, 0.6) is 5.75 Å². The highest BCUT2D eigenvalue weighted by atomic mass is 32.1. The summed E-state index contributed by atoms with van der Waals surface area (Å²) in [6.07, 6.45) is 1.72. The fourth-order valence-electron chi connectivity index (χ4n) is 1.03. The van der Waals surface area contributed by atoms with Gasteiger partial charge < -0.3 is 4.74 Å². The molecule has 1 aromatic carbocycles. The number of thiazole rings is 1. The van der Waals surface area contributed by atoms with E-state index in [1.54, 1.807) is 18.3 Å². The highest BCUT2D eigenvalue weighted by Gasteiger charge is 1.98. The second kappa shape index (κ2) is 4.19. The molecule has 0 radical (unpaired) electrons. The van der Waals surface area contributed by atoms with E-state index in [0.717, 1.165) is 5.01 Å². The van der Waals surface area contributed by atoms with Crippen molar-refractivity contribution in [2.75, 3.05) is 0 Å². The smallest absolute Gasteiger partial charge is 0.140 e. The van der Waals surface area contributed by atoms with Gasteiger partial charge >= 0.3 is 0 Å². The van der Waals surface area contributed by atoms with Gasteiger partial charge in [0.05, 0.1) is 0 Å². The van der Waals surface area contributed by atoms with Crippen LogP contribution in [0.3, 0.4) is 0 Å². The van der Waals surface area contributed by atoms with Gasteiger partial charge in [-0.3, -0.25) is 0 Å². The van der Waals surface area contributed by atoms with Gasteiger partial charge in [-0.15, -0.1) is 11.3 Å². The first-order valence-corrected chi connectivity index (χ1v) is 4.99. The Morgan fingerprint density at radius 1 is 1.43 bits per heavy atom. The molecule has 0 amide bonds. The Bertz CT molecular complexity index is 402. The van der Waals surface area contributed by atoms with Gasteiger partial charge in [-0.05, 0) is 12.1 Å². The molecule has 0 aliphatic heterocycles. The van der Waals surface area contributed by atoms with Gasteiger partial charge in [-0.1, -0.05) is 6.07 Å². The van der Waals surface area contributed by atoms with Crippen molar-refractivity contribution in [1.82, 2.24) is 4.98 Å². The van der Waals surface area contributed by atoms with Gasteiger partial charge in [0, 0.05) is 17.6 Å². The minimum absolute atomic E-state index is 0.290. The fourth-order valence-corrected chi connectivity index (χ4v) is 1.55. The van der Waals surface area contributed by atoms with E-state index >= 15 is 0 Å². The van der Waals surface area contributed by atoms with E-state index in [2.05, 4.69) is 4.98 Å². The largest absolute Gasteiger partial charge is 0.486 e. The molecule has 1 aromatic heterocycles. The third-order valence-electron chi connectivity index (χ3n) is 1.64. The number of rotatable bonds is 3. The minimum Gasteiger partial charge on any atom is -0.486 e. The molecule has 1 heterocycles. The van der Waals surface area contributed by atoms with Crippen LogP contribution in [0.15, 0.2) is 35.8 Å². The van der Waals surface area contributed by atoms with Crippen molar-refractivity contribution in [3.63, 3.8) is 0 Å². The van der Waals surface area contributed by atoms with Crippen molar-refractivity contribution in [2.45, 2.75) is 6.61 Å². The molecule has 2 rings (SSSR count). The first-order chi connectivity index (χ1) is 6.84.